The summed E-state index contributed by atoms with van der Waals surface area (Å²) >= 11 is 0. The van der Waals surface area contributed by atoms with Crippen molar-refractivity contribution in [3.63, 3.8) is 0 Å². The molecule has 0 radical (unpaired) electrons. The summed E-state index contributed by atoms with van der Waals surface area (Å²) in [5.74, 6) is 1.35. The lowest BCUT2D eigenvalue weighted by Crippen LogP contribution is -2.14. The van der Waals surface area contributed by atoms with Gasteiger partial charge in [0.25, 0.3) is 0 Å². The second kappa shape index (κ2) is 5.75. The van der Waals surface area contributed by atoms with Crippen molar-refractivity contribution in [1.82, 2.24) is 0 Å². The van der Waals surface area contributed by atoms with Gasteiger partial charge in [-0.3, -0.25) is 0 Å². The van der Waals surface area contributed by atoms with Gasteiger partial charge in [0.1, 0.15) is 6.10 Å². The summed E-state index contributed by atoms with van der Waals surface area (Å²) in [5.41, 5.74) is 0.509. The second-order valence-corrected chi connectivity index (χ2v) is 3.64. The molecule has 0 bridgehead atoms. The Morgan fingerprint density at radius 3 is 1.71 bits per heavy atom. The van der Waals surface area contributed by atoms with E-state index in [0.717, 1.165) is 0 Å². The van der Waals surface area contributed by atoms with E-state index in [2.05, 4.69) is 0 Å². The number of ether oxygens (including phenoxy) is 3. The zero-order chi connectivity index (χ0) is 13.0. The molecule has 0 amide bonds. The predicted molar refractivity (Wildman–Crippen MR) is 62.7 cm³/mol. The highest BCUT2D eigenvalue weighted by Gasteiger charge is 2.19. The van der Waals surface area contributed by atoms with Gasteiger partial charge in [-0.15, -0.1) is 0 Å². The van der Waals surface area contributed by atoms with Gasteiger partial charge in [-0.2, -0.15) is 0 Å². The van der Waals surface area contributed by atoms with Crippen LogP contribution in [0.25, 0.3) is 0 Å². The molecule has 2 N–H and O–H groups in total. The average molecular weight is 242 g/mol. The highest BCUT2D eigenvalue weighted by atomic mass is 16.5. The molecule has 0 aliphatic carbocycles. The van der Waals surface area contributed by atoms with E-state index in [4.69, 9.17) is 14.2 Å². The van der Waals surface area contributed by atoms with Gasteiger partial charge in [0, 0.05) is 0 Å². The van der Waals surface area contributed by atoms with Crippen LogP contribution in [0.3, 0.4) is 0 Å². The first-order valence-corrected chi connectivity index (χ1v) is 5.21. The van der Waals surface area contributed by atoms with E-state index in [-0.39, 0.29) is 0 Å². The predicted octanol–water partition coefficient (Wildman–Crippen LogP) is 1.13. The summed E-state index contributed by atoms with van der Waals surface area (Å²) in [4.78, 5) is 0. The van der Waals surface area contributed by atoms with Crippen LogP contribution in [0.15, 0.2) is 12.1 Å². The Balaban J connectivity index is 3.27. The van der Waals surface area contributed by atoms with E-state index in [1.165, 1.54) is 28.3 Å². The largest absolute Gasteiger partial charge is 0.493 e. The molecule has 17 heavy (non-hydrogen) atoms. The van der Waals surface area contributed by atoms with Crippen LogP contribution in [0.1, 0.15) is 18.6 Å². The van der Waals surface area contributed by atoms with Crippen LogP contribution in [0, 0.1) is 0 Å². The molecule has 0 fully saturated rings. The quantitative estimate of drug-likeness (QED) is 0.810. The van der Waals surface area contributed by atoms with Crippen LogP contribution in [-0.4, -0.2) is 37.6 Å². The summed E-state index contributed by atoms with van der Waals surface area (Å²) in [6, 6.07) is 3.22. The first-order chi connectivity index (χ1) is 8.04. The molecule has 96 valence electrons. The van der Waals surface area contributed by atoms with E-state index in [1.807, 2.05) is 0 Å². The Morgan fingerprint density at radius 2 is 1.41 bits per heavy atom. The van der Waals surface area contributed by atoms with Crippen LogP contribution in [0.4, 0.5) is 0 Å². The lowest BCUT2D eigenvalue weighted by Gasteiger charge is -2.18. The molecular weight excluding hydrogens is 224 g/mol. The van der Waals surface area contributed by atoms with E-state index >= 15 is 0 Å². The first kappa shape index (κ1) is 13.6. The molecule has 0 saturated heterocycles. The molecule has 0 saturated carbocycles. The molecule has 0 aliphatic rings. The highest BCUT2D eigenvalue weighted by Crippen LogP contribution is 2.40. The molecule has 0 heterocycles. The average Bonchev–Trinajstić information content (AvgIpc) is 2.35. The lowest BCUT2D eigenvalue weighted by atomic mass is 10.0. The molecule has 1 aromatic rings. The third-order valence-electron chi connectivity index (χ3n) is 2.49. The van der Waals surface area contributed by atoms with Crippen LogP contribution in [-0.2, 0) is 0 Å². The Hall–Kier alpha value is -1.46. The highest BCUT2D eigenvalue weighted by molar-refractivity contribution is 5.54. The third-order valence-corrected chi connectivity index (χ3v) is 2.49. The van der Waals surface area contributed by atoms with Gasteiger partial charge in [-0.05, 0) is 24.6 Å². The van der Waals surface area contributed by atoms with Gasteiger partial charge in [0.05, 0.1) is 27.4 Å². The fourth-order valence-corrected chi connectivity index (χ4v) is 1.55. The van der Waals surface area contributed by atoms with Crippen molar-refractivity contribution in [2.45, 2.75) is 19.1 Å². The zero-order valence-electron chi connectivity index (χ0n) is 10.4. The van der Waals surface area contributed by atoms with Crippen molar-refractivity contribution in [1.29, 1.82) is 0 Å². The van der Waals surface area contributed by atoms with E-state index in [9.17, 15) is 10.2 Å². The van der Waals surface area contributed by atoms with Crippen molar-refractivity contribution in [2.24, 2.45) is 0 Å². The maximum atomic E-state index is 9.80. The smallest absolute Gasteiger partial charge is 0.203 e. The fraction of sp³-hybridized carbons (Fsp3) is 0.500. The van der Waals surface area contributed by atoms with Crippen molar-refractivity contribution < 1.29 is 24.4 Å². The number of rotatable bonds is 5. The van der Waals surface area contributed by atoms with E-state index in [0.29, 0.717) is 22.8 Å². The monoisotopic (exact) mass is 242 g/mol. The van der Waals surface area contributed by atoms with Crippen LogP contribution in [0.5, 0.6) is 17.2 Å². The van der Waals surface area contributed by atoms with Gasteiger partial charge < -0.3 is 24.4 Å². The first-order valence-electron chi connectivity index (χ1n) is 5.21. The van der Waals surface area contributed by atoms with Gasteiger partial charge in [-0.1, -0.05) is 0 Å². The molecule has 1 rings (SSSR count). The van der Waals surface area contributed by atoms with E-state index < -0.39 is 12.2 Å². The fourth-order valence-electron chi connectivity index (χ4n) is 1.55. The van der Waals surface area contributed by atoms with Gasteiger partial charge >= 0.3 is 0 Å². The van der Waals surface area contributed by atoms with Gasteiger partial charge in [0.15, 0.2) is 11.5 Å². The Labute approximate surface area is 101 Å². The molecule has 0 spiro atoms. The molecule has 5 heteroatoms. The second-order valence-electron chi connectivity index (χ2n) is 3.64. The molecule has 1 aromatic carbocycles. The van der Waals surface area contributed by atoms with Gasteiger partial charge in [-0.25, -0.2) is 0 Å². The third kappa shape index (κ3) is 2.81. The summed E-state index contributed by atoms with van der Waals surface area (Å²) in [6.07, 6.45) is -1.87. The van der Waals surface area contributed by atoms with Crippen molar-refractivity contribution >= 4 is 0 Å². The number of hydrogen-bond donors (Lipinski definition) is 2. The minimum atomic E-state index is -0.997. The summed E-state index contributed by atoms with van der Waals surface area (Å²) in [6.45, 7) is 1.51. The summed E-state index contributed by atoms with van der Waals surface area (Å²) in [7, 11) is 4.50. The zero-order valence-corrected chi connectivity index (χ0v) is 10.4. The molecule has 2 atom stereocenters. The van der Waals surface area contributed by atoms with Gasteiger partial charge in [0.2, 0.25) is 5.75 Å². The minimum Gasteiger partial charge on any atom is -0.493 e. The standard InChI is InChI=1S/C12H18O5/c1-7(13)11(14)8-5-9(15-2)12(17-4)10(6-8)16-3/h5-7,11,13-14H,1-4H3/t7-,11+/m0/s1. The minimum absolute atomic E-state index is 0.446. The summed E-state index contributed by atoms with van der Waals surface area (Å²) in [5, 5.41) is 19.2. The lowest BCUT2D eigenvalue weighted by molar-refractivity contribution is 0.0302. The molecule has 0 unspecified atom stereocenters. The van der Waals surface area contributed by atoms with Crippen LogP contribution >= 0.6 is 0 Å². The SMILES string of the molecule is COc1cc([C@H](O)[C@H](C)O)cc(OC)c1OC. The van der Waals surface area contributed by atoms with Crippen LogP contribution < -0.4 is 14.2 Å². The van der Waals surface area contributed by atoms with Crippen LogP contribution in [0.2, 0.25) is 0 Å². The van der Waals surface area contributed by atoms with Crippen molar-refractivity contribution in [3.05, 3.63) is 17.7 Å². The topological polar surface area (TPSA) is 68.2 Å². The number of hydrogen-bond acceptors (Lipinski definition) is 5. The maximum Gasteiger partial charge on any atom is 0.203 e. The number of methoxy groups -OCH3 is 3. The van der Waals surface area contributed by atoms with Crippen molar-refractivity contribution in [2.75, 3.05) is 21.3 Å². The Kier molecular flexibility index (Phi) is 4.60. The van der Waals surface area contributed by atoms with Crippen molar-refractivity contribution in [3.8, 4) is 17.2 Å². The van der Waals surface area contributed by atoms with E-state index in [1.54, 1.807) is 12.1 Å². The molecular formula is C12H18O5. The maximum absolute atomic E-state index is 9.80. The number of aliphatic hydroxyl groups is 2. The number of benzene rings is 1. The molecule has 0 aromatic heterocycles. The Bertz CT molecular complexity index is 350. The Morgan fingerprint density at radius 1 is 0.941 bits per heavy atom. The summed E-state index contributed by atoms with van der Waals surface area (Å²) < 4.78 is 15.5. The molecule has 0 aliphatic heterocycles. The molecule has 5 nitrogen and oxygen atoms in total. The number of aliphatic hydroxyl groups excluding tert-OH is 2. The normalized spacial score (nSPS) is 14.0.